The lowest BCUT2D eigenvalue weighted by Crippen LogP contribution is -2.31. The predicted molar refractivity (Wildman–Crippen MR) is 80.0 cm³/mol. The molecule has 0 radical (unpaired) electrons. The number of ether oxygens (including phenoxy) is 1. The highest BCUT2D eigenvalue weighted by atomic mass is 19.1. The normalized spacial score (nSPS) is 11.6. The predicted octanol–water partition coefficient (Wildman–Crippen LogP) is 2.47. The first-order valence-corrected chi connectivity index (χ1v) is 6.70. The van der Waals surface area contributed by atoms with Gasteiger partial charge in [-0.2, -0.15) is 0 Å². The highest BCUT2D eigenvalue weighted by Gasteiger charge is 2.19. The molecule has 120 valence electrons. The number of nitrogens with one attached hydrogen (secondary N) is 1. The van der Waals surface area contributed by atoms with Gasteiger partial charge >= 0.3 is 0 Å². The van der Waals surface area contributed by atoms with Gasteiger partial charge in [0.1, 0.15) is 17.4 Å². The summed E-state index contributed by atoms with van der Waals surface area (Å²) in [6.07, 6.45) is -1.03. The van der Waals surface area contributed by atoms with Crippen LogP contribution in [0.3, 0.4) is 0 Å². The van der Waals surface area contributed by atoms with Gasteiger partial charge in [-0.05, 0) is 31.2 Å². The fraction of sp³-hybridized carbons (Fsp3) is 0.125. The Morgan fingerprint density at radius 1 is 1.17 bits per heavy atom. The monoisotopic (exact) mass is 320 g/mol. The summed E-state index contributed by atoms with van der Waals surface area (Å²) in [5.74, 6) is -2.86. The highest BCUT2D eigenvalue weighted by Crippen LogP contribution is 2.20. The molecule has 0 bridgehead atoms. The quantitative estimate of drug-likeness (QED) is 0.888. The second-order valence-electron chi connectivity index (χ2n) is 4.73. The SMILES string of the molecule is C[C@H](Oc1ccccc1C(N)=O)C(=O)Nc1ccc(F)cc1F. The molecular formula is C16H14F2N2O3. The Morgan fingerprint density at radius 2 is 1.87 bits per heavy atom. The van der Waals surface area contributed by atoms with Crippen molar-refractivity contribution in [1.29, 1.82) is 0 Å². The molecule has 5 nitrogen and oxygen atoms in total. The minimum Gasteiger partial charge on any atom is -0.480 e. The number of nitrogens with two attached hydrogens (primary N) is 1. The van der Waals surface area contributed by atoms with E-state index in [1.807, 2.05) is 0 Å². The third-order valence-electron chi connectivity index (χ3n) is 3.01. The van der Waals surface area contributed by atoms with E-state index in [9.17, 15) is 18.4 Å². The number of primary amides is 1. The van der Waals surface area contributed by atoms with Crippen LogP contribution in [0.1, 0.15) is 17.3 Å². The first-order chi connectivity index (χ1) is 10.9. The van der Waals surface area contributed by atoms with Crippen LogP contribution in [-0.2, 0) is 4.79 Å². The number of hydrogen-bond donors (Lipinski definition) is 2. The Balaban J connectivity index is 2.10. The van der Waals surface area contributed by atoms with Crippen LogP contribution in [0.2, 0.25) is 0 Å². The molecule has 2 rings (SSSR count). The fourth-order valence-corrected chi connectivity index (χ4v) is 1.84. The topological polar surface area (TPSA) is 81.4 Å². The van der Waals surface area contributed by atoms with E-state index in [-0.39, 0.29) is 17.0 Å². The van der Waals surface area contributed by atoms with Gasteiger partial charge in [0, 0.05) is 6.07 Å². The Morgan fingerprint density at radius 3 is 2.52 bits per heavy atom. The number of para-hydroxylation sites is 1. The standard InChI is InChI=1S/C16H14F2N2O3/c1-9(23-14-5-3-2-4-11(14)15(19)21)16(22)20-13-7-6-10(17)8-12(13)18/h2-9H,1H3,(H2,19,21)(H,20,22)/t9-/m0/s1. The number of amides is 2. The second-order valence-corrected chi connectivity index (χ2v) is 4.73. The molecule has 23 heavy (non-hydrogen) atoms. The van der Waals surface area contributed by atoms with Crippen molar-refractivity contribution in [3.8, 4) is 5.75 Å². The van der Waals surface area contributed by atoms with Crippen molar-refractivity contribution in [2.75, 3.05) is 5.32 Å². The van der Waals surface area contributed by atoms with Crippen molar-refractivity contribution in [2.45, 2.75) is 13.0 Å². The zero-order valence-corrected chi connectivity index (χ0v) is 12.2. The lowest BCUT2D eigenvalue weighted by atomic mass is 10.2. The summed E-state index contributed by atoms with van der Waals surface area (Å²) in [7, 11) is 0. The molecule has 0 aliphatic rings. The molecule has 0 spiro atoms. The lowest BCUT2D eigenvalue weighted by Gasteiger charge is -2.16. The number of benzene rings is 2. The zero-order chi connectivity index (χ0) is 17.0. The molecule has 0 saturated carbocycles. The van der Waals surface area contributed by atoms with E-state index in [1.54, 1.807) is 12.1 Å². The maximum absolute atomic E-state index is 13.5. The third kappa shape index (κ3) is 4.03. The molecule has 3 N–H and O–H groups in total. The summed E-state index contributed by atoms with van der Waals surface area (Å²) in [4.78, 5) is 23.3. The number of carbonyl (C=O) groups is 2. The molecule has 2 amide bonds. The number of halogens is 2. The van der Waals surface area contributed by atoms with Crippen molar-refractivity contribution >= 4 is 17.5 Å². The molecular weight excluding hydrogens is 306 g/mol. The van der Waals surface area contributed by atoms with Crippen molar-refractivity contribution in [3.05, 3.63) is 59.7 Å². The summed E-state index contributed by atoms with van der Waals surface area (Å²) >= 11 is 0. The van der Waals surface area contributed by atoms with E-state index in [0.29, 0.717) is 6.07 Å². The van der Waals surface area contributed by atoms with Crippen LogP contribution >= 0.6 is 0 Å². The van der Waals surface area contributed by atoms with Crippen LogP contribution in [0.4, 0.5) is 14.5 Å². The van der Waals surface area contributed by atoms with Gasteiger partial charge in [-0.1, -0.05) is 12.1 Å². The molecule has 0 fully saturated rings. The van der Waals surface area contributed by atoms with E-state index in [1.165, 1.54) is 19.1 Å². The average Bonchev–Trinajstić information content (AvgIpc) is 2.50. The van der Waals surface area contributed by atoms with Gasteiger partial charge < -0.3 is 15.8 Å². The van der Waals surface area contributed by atoms with Gasteiger partial charge in [0.25, 0.3) is 11.8 Å². The Kier molecular flexibility index (Phi) is 4.90. The van der Waals surface area contributed by atoms with Gasteiger partial charge in [0.05, 0.1) is 11.3 Å². The van der Waals surface area contributed by atoms with Crippen molar-refractivity contribution in [2.24, 2.45) is 5.73 Å². The minimum atomic E-state index is -1.03. The summed E-state index contributed by atoms with van der Waals surface area (Å²) in [5, 5.41) is 2.28. The summed E-state index contributed by atoms with van der Waals surface area (Å²) in [5.41, 5.74) is 5.17. The number of rotatable bonds is 5. The van der Waals surface area contributed by atoms with Gasteiger partial charge in [0.15, 0.2) is 6.10 Å². The van der Waals surface area contributed by atoms with Crippen LogP contribution in [0, 0.1) is 11.6 Å². The van der Waals surface area contributed by atoms with Crippen LogP contribution in [0.25, 0.3) is 0 Å². The molecule has 0 heterocycles. The van der Waals surface area contributed by atoms with Crippen LogP contribution in [0.15, 0.2) is 42.5 Å². The lowest BCUT2D eigenvalue weighted by molar-refractivity contribution is -0.122. The minimum absolute atomic E-state index is 0.125. The molecule has 0 aromatic heterocycles. The maximum atomic E-state index is 13.5. The van der Waals surface area contributed by atoms with Crippen molar-refractivity contribution in [1.82, 2.24) is 0 Å². The fourth-order valence-electron chi connectivity index (χ4n) is 1.84. The van der Waals surface area contributed by atoms with E-state index in [0.717, 1.165) is 12.1 Å². The van der Waals surface area contributed by atoms with Crippen LogP contribution in [0.5, 0.6) is 5.75 Å². The van der Waals surface area contributed by atoms with E-state index >= 15 is 0 Å². The maximum Gasteiger partial charge on any atom is 0.265 e. The van der Waals surface area contributed by atoms with Gasteiger partial charge in [-0.15, -0.1) is 0 Å². The molecule has 7 heteroatoms. The average molecular weight is 320 g/mol. The highest BCUT2D eigenvalue weighted by molar-refractivity contribution is 5.96. The first-order valence-electron chi connectivity index (χ1n) is 6.70. The van der Waals surface area contributed by atoms with Crippen LogP contribution < -0.4 is 15.8 Å². The van der Waals surface area contributed by atoms with Crippen molar-refractivity contribution < 1.29 is 23.1 Å². The summed E-state index contributed by atoms with van der Waals surface area (Å²) in [6.45, 7) is 1.43. The first kappa shape index (κ1) is 16.4. The molecule has 2 aromatic rings. The Bertz CT molecular complexity index is 750. The number of carbonyl (C=O) groups excluding carboxylic acids is 2. The third-order valence-corrected chi connectivity index (χ3v) is 3.01. The smallest absolute Gasteiger partial charge is 0.265 e. The van der Waals surface area contributed by atoms with E-state index in [4.69, 9.17) is 10.5 Å². The number of anilines is 1. The van der Waals surface area contributed by atoms with Gasteiger partial charge in [-0.25, -0.2) is 8.78 Å². The zero-order valence-electron chi connectivity index (χ0n) is 12.2. The largest absolute Gasteiger partial charge is 0.480 e. The molecule has 0 unspecified atom stereocenters. The molecule has 2 aromatic carbocycles. The van der Waals surface area contributed by atoms with Crippen LogP contribution in [-0.4, -0.2) is 17.9 Å². The Hall–Kier alpha value is -2.96. The Labute approximate surface area is 131 Å². The molecule has 0 aliphatic heterocycles. The second kappa shape index (κ2) is 6.87. The van der Waals surface area contributed by atoms with E-state index < -0.39 is 29.6 Å². The molecule has 1 atom stereocenters. The molecule has 0 saturated heterocycles. The molecule has 0 aliphatic carbocycles. The number of hydrogen-bond acceptors (Lipinski definition) is 3. The van der Waals surface area contributed by atoms with Gasteiger partial charge in [0.2, 0.25) is 0 Å². The van der Waals surface area contributed by atoms with Crippen molar-refractivity contribution in [3.63, 3.8) is 0 Å². The van der Waals surface area contributed by atoms with Gasteiger partial charge in [-0.3, -0.25) is 9.59 Å². The summed E-state index contributed by atoms with van der Waals surface area (Å²) in [6, 6.07) is 8.95. The van der Waals surface area contributed by atoms with E-state index in [2.05, 4.69) is 5.32 Å². The summed E-state index contributed by atoms with van der Waals surface area (Å²) < 4.78 is 31.7.